The molecule has 0 unspecified atom stereocenters. The Morgan fingerprint density at radius 3 is 2.37 bits per heavy atom. The van der Waals surface area contributed by atoms with Crippen LogP contribution >= 0.6 is 0 Å². The molecule has 2 heterocycles. The molecule has 2 aliphatic rings. The number of benzene rings is 2. The molecule has 0 saturated carbocycles. The SMILES string of the molecule is CS(=O)(=O)c1c(C(F)(F)F)ccc(=c2cccc3c2=CC=CN3O)c1=C1N=NN=N1. The van der Waals surface area contributed by atoms with Gasteiger partial charge in [0.25, 0.3) is 0 Å². The summed E-state index contributed by atoms with van der Waals surface area (Å²) in [6.07, 6.45) is 0.303. The lowest BCUT2D eigenvalue weighted by molar-refractivity contribution is -0.140. The molecule has 12 heteroatoms. The number of rotatable bonds is 1. The Hall–Kier alpha value is -3.38. The van der Waals surface area contributed by atoms with Gasteiger partial charge in [0.15, 0.2) is 9.84 Å². The van der Waals surface area contributed by atoms with Gasteiger partial charge in [-0.1, -0.05) is 24.3 Å². The third-order valence-electron chi connectivity index (χ3n) is 4.49. The van der Waals surface area contributed by atoms with E-state index in [1.54, 1.807) is 24.3 Å². The molecular weight excluding hydrogens is 423 g/mol. The standard InChI is InChI=1S/C18H12F3N5O3S/c1-30(28,29)16-13(18(19,20)21)8-7-12(15(16)17-22-24-25-23-17)10-4-2-6-14-11(10)5-3-9-26(14)27/h2-9,27H,1H3. The molecule has 0 bridgehead atoms. The molecule has 2 aliphatic heterocycles. The fourth-order valence-corrected chi connectivity index (χ4v) is 4.50. The normalized spacial score (nSPS) is 16.7. The van der Waals surface area contributed by atoms with E-state index in [0.717, 1.165) is 11.1 Å². The van der Waals surface area contributed by atoms with Crippen LogP contribution < -0.4 is 15.5 Å². The van der Waals surface area contributed by atoms with E-state index in [9.17, 15) is 26.8 Å². The van der Waals surface area contributed by atoms with E-state index in [1.165, 1.54) is 12.3 Å². The van der Waals surface area contributed by atoms with Crippen molar-refractivity contribution in [3.63, 3.8) is 0 Å². The first kappa shape index (κ1) is 19.9. The lowest BCUT2D eigenvalue weighted by Gasteiger charge is -2.16. The van der Waals surface area contributed by atoms with Crippen molar-refractivity contribution in [2.75, 3.05) is 11.3 Å². The van der Waals surface area contributed by atoms with Crippen molar-refractivity contribution in [3.8, 4) is 0 Å². The predicted molar refractivity (Wildman–Crippen MR) is 98.9 cm³/mol. The highest BCUT2D eigenvalue weighted by molar-refractivity contribution is 7.90. The molecule has 8 nitrogen and oxygen atoms in total. The van der Waals surface area contributed by atoms with Gasteiger partial charge in [-0.2, -0.15) is 13.2 Å². The van der Waals surface area contributed by atoms with Gasteiger partial charge in [0, 0.05) is 17.7 Å². The number of allylic oxidation sites excluding steroid dienone is 1. The summed E-state index contributed by atoms with van der Waals surface area (Å²) in [5, 5.41) is 25.3. The molecular formula is C18H12F3N5O3S. The maximum absolute atomic E-state index is 13.7. The first-order chi connectivity index (χ1) is 14.1. The molecule has 0 spiro atoms. The Bertz CT molecular complexity index is 1460. The lowest BCUT2D eigenvalue weighted by Crippen LogP contribution is -2.27. The van der Waals surface area contributed by atoms with Crippen LogP contribution in [0.15, 0.2) is 68.2 Å². The smallest absolute Gasteiger partial charge is 0.284 e. The van der Waals surface area contributed by atoms with Crippen LogP contribution in [0.1, 0.15) is 5.56 Å². The molecule has 2 aromatic carbocycles. The van der Waals surface area contributed by atoms with Gasteiger partial charge >= 0.3 is 6.18 Å². The first-order valence-corrected chi connectivity index (χ1v) is 10.2. The second-order valence-electron chi connectivity index (χ2n) is 6.43. The summed E-state index contributed by atoms with van der Waals surface area (Å²) in [5.41, 5.74) is -0.979. The van der Waals surface area contributed by atoms with E-state index in [2.05, 4.69) is 20.7 Å². The zero-order chi connectivity index (χ0) is 21.7. The summed E-state index contributed by atoms with van der Waals surface area (Å²) in [4.78, 5) is -0.966. The van der Waals surface area contributed by atoms with Gasteiger partial charge < -0.3 is 0 Å². The summed E-state index contributed by atoms with van der Waals surface area (Å²) in [5.74, 6) is -0.360. The predicted octanol–water partition coefficient (Wildman–Crippen LogP) is 2.80. The van der Waals surface area contributed by atoms with Crippen LogP contribution in [-0.2, 0) is 16.0 Å². The first-order valence-electron chi connectivity index (χ1n) is 8.35. The van der Waals surface area contributed by atoms with Crippen molar-refractivity contribution in [1.29, 1.82) is 0 Å². The number of halogens is 3. The lowest BCUT2D eigenvalue weighted by atomic mass is 10.1. The second-order valence-corrected chi connectivity index (χ2v) is 8.38. The third kappa shape index (κ3) is 3.29. The summed E-state index contributed by atoms with van der Waals surface area (Å²) in [6.45, 7) is 0. The molecule has 0 amide bonds. The Morgan fingerprint density at radius 1 is 1.03 bits per heavy atom. The third-order valence-corrected chi connectivity index (χ3v) is 5.65. The van der Waals surface area contributed by atoms with Crippen molar-refractivity contribution < 1.29 is 26.8 Å². The van der Waals surface area contributed by atoms with Crippen molar-refractivity contribution in [3.05, 3.63) is 69.0 Å². The molecule has 0 fully saturated rings. The van der Waals surface area contributed by atoms with Crippen molar-refractivity contribution in [2.24, 2.45) is 20.7 Å². The van der Waals surface area contributed by atoms with Gasteiger partial charge in [0.1, 0.15) is 0 Å². The Labute approximate surface area is 166 Å². The summed E-state index contributed by atoms with van der Waals surface area (Å²) >= 11 is 0. The summed E-state index contributed by atoms with van der Waals surface area (Å²) in [6, 6.07) is 6.61. The molecule has 4 rings (SSSR count). The van der Waals surface area contributed by atoms with E-state index >= 15 is 0 Å². The van der Waals surface area contributed by atoms with Gasteiger partial charge in [-0.15, -0.1) is 10.2 Å². The fraction of sp³-hybridized carbons (Fsp3) is 0.111. The maximum Gasteiger partial charge on any atom is 0.417 e. The molecule has 0 radical (unpaired) electrons. The number of nitrogens with zero attached hydrogens (tertiary/aromatic N) is 5. The van der Waals surface area contributed by atoms with E-state index < -0.39 is 26.5 Å². The molecule has 0 saturated heterocycles. The van der Waals surface area contributed by atoms with E-state index in [1.807, 2.05) is 0 Å². The van der Waals surface area contributed by atoms with Crippen LogP contribution in [0.3, 0.4) is 0 Å². The summed E-state index contributed by atoms with van der Waals surface area (Å²) in [7, 11) is -4.38. The van der Waals surface area contributed by atoms with E-state index in [0.29, 0.717) is 28.4 Å². The number of alkyl halides is 3. The van der Waals surface area contributed by atoms with E-state index in [-0.39, 0.29) is 16.3 Å². The molecule has 0 aromatic heterocycles. The van der Waals surface area contributed by atoms with Gasteiger partial charge in [0.2, 0.25) is 5.82 Å². The Kier molecular flexibility index (Phi) is 4.55. The van der Waals surface area contributed by atoms with Crippen molar-refractivity contribution in [1.82, 2.24) is 0 Å². The monoisotopic (exact) mass is 435 g/mol. The molecule has 154 valence electrons. The van der Waals surface area contributed by atoms with Crippen LogP contribution in [0.4, 0.5) is 18.9 Å². The largest absolute Gasteiger partial charge is 0.417 e. The van der Waals surface area contributed by atoms with Crippen LogP contribution in [0.5, 0.6) is 0 Å². The average molecular weight is 435 g/mol. The highest BCUT2D eigenvalue weighted by atomic mass is 32.2. The minimum Gasteiger partial charge on any atom is -0.284 e. The van der Waals surface area contributed by atoms with Crippen LogP contribution in [0.25, 0.3) is 11.9 Å². The molecule has 30 heavy (non-hydrogen) atoms. The Morgan fingerprint density at radius 2 is 1.73 bits per heavy atom. The number of hydrogen-bond acceptors (Lipinski definition) is 8. The fourth-order valence-electron chi connectivity index (χ4n) is 3.35. The number of sulfone groups is 1. The van der Waals surface area contributed by atoms with Gasteiger partial charge in [-0.05, 0) is 39.1 Å². The number of fused-ring (bicyclic) bond motifs is 1. The van der Waals surface area contributed by atoms with Crippen LogP contribution in [0.2, 0.25) is 0 Å². The number of hydrogen-bond donors (Lipinski definition) is 1. The Balaban J connectivity index is 2.41. The van der Waals surface area contributed by atoms with E-state index in [4.69, 9.17) is 0 Å². The minimum absolute atomic E-state index is 0.120. The van der Waals surface area contributed by atoms with Crippen LogP contribution in [-0.4, -0.2) is 19.9 Å². The zero-order valence-electron chi connectivity index (χ0n) is 15.2. The number of anilines is 1. The zero-order valence-corrected chi connectivity index (χ0v) is 16.0. The number of hydroxylamine groups is 1. The quantitative estimate of drug-likeness (QED) is 0.743. The van der Waals surface area contributed by atoms with Crippen LogP contribution in [0, 0.1) is 10.4 Å². The second kappa shape index (κ2) is 6.85. The van der Waals surface area contributed by atoms with Gasteiger partial charge in [0.05, 0.1) is 21.4 Å². The molecule has 1 N–H and O–H groups in total. The molecule has 2 aromatic rings. The highest BCUT2D eigenvalue weighted by Gasteiger charge is 2.37. The average Bonchev–Trinajstić information content (AvgIpc) is 3.20. The summed E-state index contributed by atoms with van der Waals surface area (Å²) < 4.78 is 66.0. The topological polar surface area (TPSA) is 107 Å². The minimum atomic E-state index is -4.94. The highest BCUT2D eigenvalue weighted by Crippen LogP contribution is 2.33. The van der Waals surface area contributed by atoms with Gasteiger partial charge in [-0.3, -0.25) is 5.21 Å². The molecule has 0 atom stereocenters. The van der Waals surface area contributed by atoms with Crippen molar-refractivity contribution in [2.45, 2.75) is 11.1 Å². The van der Waals surface area contributed by atoms with Crippen molar-refractivity contribution >= 4 is 27.4 Å². The van der Waals surface area contributed by atoms with Gasteiger partial charge in [-0.25, -0.2) is 13.5 Å². The molecule has 0 aliphatic carbocycles. The maximum atomic E-state index is 13.7.